The highest BCUT2D eigenvalue weighted by Gasteiger charge is 2.35. The quantitative estimate of drug-likeness (QED) is 0.671. The number of aliphatic hydroxyl groups is 1. The molecule has 0 unspecified atom stereocenters. The second-order valence-electron chi connectivity index (χ2n) is 2.82. The summed E-state index contributed by atoms with van der Waals surface area (Å²) in [5.41, 5.74) is -2.27. The normalized spacial score (nSPS) is 12.0. The van der Waals surface area contributed by atoms with Crippen molar-refractivity contribution in [2.75, 3.05) is 0 Å². The molecule has 0 amide bonds. The van der Waals surface area contributed by atoms with Crippen molar-refractivity contribution in [3.8, 4) is 5.75 Å². The Bertz CT molecular complexity index is 406. The summed E-state index contributed by atoms with van der Waals surface area (Å²) < 4.78 is 76.5. The molecule has 0 aliphatic rings. The molecular weight excluding hydrogens is 256 g/mol. The molecule has 1 rings (SSSR count). The lowest BCUT2D eigenvalue weighted by Crippen LogP contribution is -2.20. The molecule has 0 spiro atoms. The molecular formula is C8H5F6NO2. The largest absolute Gasteiger partial charge is 0.573 e. The topological polar surface area (TPSA) is 42.4 Å². The van der Waals surface area contributed by atoms with E-state index >= 15 is 0 Å². The van der Waals surface area contributed by atoms with Crippen molar-refractivity contribution < 1.29 is 36.2 Å². The molecule has 17 heavy (non-hydrogen) atoms. The maximum Gasteiger partial charge on any atom is 0.573 e. The summed E-state index contributed by atoms with van der Waals surface area (Å²) in [7, 11) is 0. The van der Waals surface area contributed by atoms with Crippen LogP contribution in [0.25, 0.3) is 0 Å². The van der Waals surface area contributed by atoms with E-state index in [0.29, 0.717) is 0 Å². The second kappa shape index (κ2) is 4.78. The fraction of sp³-hybridized carbons (Fsp3) is 0.375. The Morgan fingerprint density at radius 1 is 1.35 bits per heavy atom. The molecule has 9 heteroatoms. The molecule has 0 saturated carbocycles. The van der Waals surface area contributed by atoms with Crippen LogP contribution in [0.5, 0.6) is 5.75 Å². The zero-order valence-corrected chi connectivity index (χ0v) is 7.93. The van der Waals surface area contributed by atoms with Crippen molar-refractivity contribution in [1.29, 1.82) is 0 Å². The van der Waals surface area contributed by atoms with Crippen LogP contribution in [0.3, 0.4) is 0 Å². The third kappa shape index (κ3) is 3.48. The van der Waals surface area contributed by atoms with Crippen LogP contribution in [0, 0.1) is 5.95 Å². The van der Waals surface area contributed by atoms with Gasteiger partial charge in [0.2, 0.25) is 5.95 Å². The summed E-state index contributed by atoms with van der Waals surface area (Å²) in [6.45, 7) is -1.16. The van der Waals surface area contributed by atoms with Crippen molar-refractivity contribution >= 4 is 0 Å². The van der Waals surface area contributed by atoms with E-state index in [0.717, 1.165) is 0 Å². The maximum atomic E-state index is 12.7. The number of alkyl halides is 5. The minimum Gasteiger partial charge on any atom is -0.403 e. The van der Waals surface area contributed by atoms with Gasteiger partial charge in [0.05, 0.1) is 12.2 Å². The average Bonchev–Trinajstić information content (AvgIpc) is 2.17. The number of aliphatic hydroxyl groups excluding tert-OH is 1. The first kappa shape index (κ1) is 13.6. The van der Waals surface area contributed by atoms with Crippen molar-refractivity contribution in [3.63, 3.8) is 0 Å². The van der Waals surface area contributed by atoms with Crippen molar-refractivity contribution in [1.82, 2.24) is 4.98 Å². The Morgan fingerprint density at radius 2 is 1.94 bits per heavy atom. The lowest BCUT2D eigenvalue weighted by atomic mass is 10.2. The monoisotopic (exact) mass is 261 g/mol. The van der Waals surface area contributed by atoms with Crippen LogP contribution in [0.15, 0.2) is 6.07 Å². The molecule has 1 heterocycles. The summed E-state index contributed by atoms with van der Waals surface area (Å²) >= 11 is 0. The van der Waals surface area contributed by atoms with Crippen LogP contribution in [0.4, 0.5) is 26.3 Å². The molecule has 0 radical (unpaired) electrons. The van der Waals surface area contributed by atoms with Gasteiger partial charge < -0.3 is 9.84 Å². The van der Waals surface area contributed by atoms with E-state index in [-0.39, 0.29) is 6.07 Å². The minimum atomic E-state index is -5.24. The van der Waals surface area contributed by atoms with Gasteiger partial charge in [0, 0.05) is 6.07 Å². The zero-order chi connectivity index (χ0) is 13.2. The molecule has 96 valence electrons. The third-order valence-electron chi connectivity index (χ3n) is 1.64. The highest BCUT2D eigenvalue weighted by atomic mass is 19.4. The lowest BCUT2D eigenvalue weighted by molar-refractivity contribution is -0.275. The summed E-state index contributed by atoms with van der Waals surface area (Å²) in [5, 5.41) is 8.62. The number of ether oxygens (including phenoxy) is 1. The third-order valence-corrected chi connectivity index (χ3v) is 1.64. The zero-order valence-electron chi connectivity index (χ0n) is 7.93. The average molecular weight is 261 g/mol. The smallest absolute Gasteiger partial charge is 0.403 e. The highest BCUT2D eigenvalue weighted by molar-refractivity contribution is 5.38. The van der Waals surface area contributed by atoms with Crippen LogP contribution in [0.1, 0.15) is 17.7 Å². The molecule has 0 aliphatic carbocycles. The number of pyridine rings is 1. The van der Waals surface area contributed by atoms with Gasteiger partial charge in [0.15, 0.2) is 5.75 Å². The molecule has 1 N–H and O–H groups in total. The summed E-state index contributed by atoms with van der Waals surface area (Å²) in [5.74, 6) is -2.81. The van der Waals surface area contributed by atoms with Crippen LogP contribution in [0.2, 0.25) is 0 Å². The summed E-state index contributed by atoms with van der Waals surface area (Å²) in [6.07, 6.45) is -8.64. The van der Waals surface area contributed by atoms with Gasteiger partial charge >= 0.3 is 6.36 Å². The predicted molar refractivity (Wildman–Crippen MR) is 41.8 cm³/mol. The molecule has 0 atom stereocenters. The number of hydrogen-bond donors (Lipinski definition) is 1. The number of rotatable bonds is 3. The van der Waals surface area contributed by atoms with Crippen LogP contribution < -0.4 is 4.74 Å². The Balaban J connectivity index is 3.32. The van der Waals surface area contributed by atoms with Crippen LogP contribution >= 0.6 is 0 Å². The lowest BCUT2D eigenvalue weighted by Gasteiger charge is -2.15. The van der Waals surface area contributed by atoms with Gasteiger partial charge in [-0.2, -0.15) is 4.39 Å². The second-order valence-corrected chi connectivity index (χ2v) is 2.82. The number of aromatic nitrogens is 1. The Kier molecular flexibility index (Phi) is 3.81. The Labute approximate surface area is 90.6 Å². The first-order chi connectivity index (χ1) is 7.74. The van der Waals surface area contributed by atoms with Crippen molar-refractivity contribution in [2.24, 2.45) is 0 Å². The summed E-state index contributed by atoms with van der Waals surface area (Å²) in [6, 6.07) is 0.116. The van der Waals surface area contributed by atoms with Gasteiger partial charge in [-0.05, 0) is 0 Å². The van der Waals surface area contributed by atoms with Crippen LogP contribution in [-0.2, 0) is 6.61 Å². The molecule has 3 nitrogen and oxygen atoms in total. The first-order valence-electron chi connectivity index (χ1n) is 4.08. The van der Waals surface area contributed by atoms with Crippen molar-refractivity contribution in [2.45, 2.75) is 19.4 Å². The number of hydrogen-bond acceptors (Lipinski definition) is 3. The Morgan fingerprint density at radius 3 is 2.35 bits per heavy atom. The van der Waals surface area contributed by atoms with E-state index in [1.807, 2.05) is 0 Å². The van der Waals surface area contributed by atoms with Gasteiger partial charge in [-0.1, -0.05) is 0 Å². The van der Waals surface area contributed by atoms with E-state index in [1.54, 1.807) is 0 Å². The molecule has 0 aliphatic heterocycles. The fourth-order valence-corrected chi connectivity index (χ4v) is 1.08. The molecule has 0 bridgehead atoms. The minimum absolute atomic E-state index is 0.116. The first-order valence-corrected chi connectivity index (χ1v) is 4.08. The van der Waals surface area contributed by atoms with Crippen molar-refractivity contribution in [3.05, 3.63) is 23.3 Å². The van der Waals surface area contributed by atoms with E-state index in [4.69, 9.17) is 5.11 Å². The SMILES string of the molecule is OCc1nc(F)cc(C(F)F)c1OC(F)(F)F. The van der Waals surface area contributed by atoms with E-state index < -0.39 is 42.3 Å². The van der Waals surface area contributed by atoms with Gasteiger partial charge in [-0.25, -0.2) is 13.8 Å². The standard InChI is InChI=1S/C8H5F6NO2/c9-5-1-3(7(10)11)6(4(2-16)15-5)17-8(12,13)14/h1,7,16H,2H2. The van der Waals surface area contributed by atoms with Gasteiger partial charge in [-0.15, -0.1) is 13.2 Å². The molecule has 1 aromatic rings. The predicted octanol–water partition coefficient (Wildman–Crippen LogP) is 2.55. The van der Waals surface area contributed by atoms with Crippen LogP contribution in [-0.4, -0.2) is 16.5 Å². The van der Waals surface area contributed by atoms with E-state index in [2.05, 4.69) is 9.72 Å². The molecule has 0 fully saturated rings. The van der Waals surface area contributed by atoms with Gasteiger partial charge in [0.25, 0.3) is 6.43 Å². The highest BCUT2D eigenvalue weighted by Crippen LogP contribution is 2.35. The Hall–Kier alpha value is -1.51. The van der Waals surface area contributed by atoms with Gasteiger partial charge in [0.1, 0.15) is 5.69 Å². The van der Waals surface area contributed by atoms with Gasteiger partial charge in [-0.3, -0.25) is 0 Å². The fourth-order valence-electron chi connectivity index (χ4n) is 1.08. The van der Waals surface area contributed by atoms with E-state index in [9.17, 15) is 26.3 Å². The maximum absolute atomic E-state index is 12.7. The molecule has 0 saturated heterocycles. The summed E-state index contributed by atoms with van der Waals surface area (Å²) in [4.78, 5) is 2.84. The molecule has 1 aromatic heterocycles. The number of halogens is 6. The molecule has 0 aromatic carbocycles. The van der Waals surface area contributed by atoms with E-state index in [1.165, 1.54) is 0 Å². The number of nitrogens with zero attached hydrogens (tertiary/aromatic N) is 1.